The van der Waals surface area contributed by atoms with Crippen molar-refractivity contribution in [2.75, 3.05) is 0 Å². The highest BCUT2D eigenvalue weighted by Crippen LogP contribution is 2.24. The second-order valence-corrected chi connectivity index (χ2v) is 2.94. The fourth-order valence-corrected chi connectivity index (χ4v) is 0.413. The van der Waals surface area contributed by atoms with Crippen LogP contribution in [-0.2, 0) is 0 Å². The third-order valence-electron chi connectivity index (χ3n) is 1.01. The largest absolute Gasteiger partial charge is 0.368 e. The molecule has 3 nitrogen and oxygen atoms in total. The number of hydrogen-bond acceptors (Lipinski definition) is 3. The van der Waals surface area contributed by atoms with Crippen molar-refractivity contribution in [1.82, 2.24) is 0 Å². The molecule has 1 saturated carbocycles. The van der Waals surface area contributed by atoms with Crippen LogP contribution in [0.5, 0.6) is 0 Å². The molecule has 0 aromatic rings. The summed E-state index contributed by atoms with van der Waals surface area (Å²) in [6.45, 7) is 3.25. The molecular weight excluding hydrogens is 116 g/mol. The van der Waals surface area contributed by atoms with Crippen molar-refractivity contribution in [2.45, 2.75) is 38.5 Å². The Hall–Kier alpha value is -0.440. The maximum absolute atomic E-state index is 9.03. The summed E-state index contributed by atoms with van der Waals surface area (Å²) in [5, 5.41) is 16.6. The summed E-state index contributed by atoms with van der Waals surface area (Å²) in [6, 6.07) is 0.413. The van der Waals surface area contributed by atoms with E-state index in [1.165, 1.54) is 0 Å². The van der Waals surface area contributed by atoms with Gasteiger partial charge in [0.1, 0.15) is 0 Å². The average molecular weight is 128 g/mol. The van der Waals surface area contributed by atoms with Gasteiger partial charge < -0.3 is 5.11 Å². The SMILES string of the molecule is CC(C)(O)N=NC1CC1. The molecule has 0 spiro atoms. The van der Waals surface area contributed by atoms with Crippen molar-refractivity contribution in [3.63, 3.8) is 0 Å². The zero-order chi connectivity index (χ0) is 6.91. The molecule has 0 saturated heterocycles. The Labute approximate surface area is 54.8 Å². The molecule has 9 heavy (non-hydrogen) atoms. The van der Waals surface area contributed by atoms with Gasteiger partial charge in [0, 0.05) is 0 Å². The predicted molar refractivity (Wildman–Crippen MR) is 34.2 cm³/mol. The molecule has 1 aliphatic rings. The quantitative estimate of drug-likeness (QED) is 0.560. The molecule has 0 radical (unpaired) electrons. The summed E-state index contributed by atoms with van der Waals surface area (Å²) < 4.78 is 0. The van der Waals surface area contributed by atoms with Gasteiger partial charge in [0.05, 0.1) is 6.04 Å². The van der Waals surface area contributed by atoms with E-state index < -0.39 is 5.72 Å². The molecule has 1 rings (SSSR count). The van der Waals surface area contributed by atoms with Gasteiger partial charge in [-0.05, 0) is 26.7 Å². The fraction of sp³-hybridized carbons (Fsp3) is 1.00. The van der Waals surface area contributed by atoms with Crippen LogP contribution in [0.15, 0.2) is 10.2 Å². The Bertz CT molecular complexity index is 122. The van der Waals surface area contributed by atoms with E-state index in [0.717, 1.165) is 12.8 Å². The number of hydrogen-bond donors (Lipinski definition) is 1. The Balaban J connectivity index is 2.29. The molecule has 52 valence electrons. The molecule has 0 atom stereocenters. The predicted octanol–water partition coefficient (Wildman–Crippen LogP) is 1.33. The number of rotatable bonds is 2. The molecule has 1 fully saturated rings. The molecule has 0 unspecified atom stereocenters. The maximum Gasteiger partial charge on any atom is 0.170 e. The molecule has 1 N–H and O–H groups in total. The van der Waals surface area contributed by atoms with E-state index >= 15 is 0 Å². The molecular formula is C6H12N2O. The highest BCUT2D eigenvalue weighted by atomic mass is 16.3. The third-order valence-corrected chi connectivity index (χ3v) is 1.01. The lowest BCUT2D eigenvalue weighted by molar-refractivity contribution is 0.0814. The van der Waals surface area contributed by atoms with E-state index in [1.807, 2.05) is 0 Å². The van der Waals surface area contributed by atoms with Crippen molar-refractivity contribution in [3.8, 4) is 0 Å². The second kappa shape index (κ2) is 2.06. The first-order valence-electron chi connectivity index (χ1n) is 3.22. The van der Waals surface area contributed by atoms with Crippen molar-refractivity contribution < 1.29 is 5.11 Å². The topological polar surface area (TPSA) is 45.0 Å². The first kappa shape index (κ1) is 6.68. The van der Waals surface area contributed by atoms with Gasteiger partial charge in [-0.15, -0.1) is 0 Å². The molecule has 0 amide bonds. The van der Waals surface area contributed by atoms with Gasteiger partial charge in [-0.3, -0.25) is 0 Å². The van der Waals surface area contributed by atoms with Crippen LogP contribution in [0.25, 0.3) is 0 Å². The number of aliphatic hydroxyl groups is 1. The van der Waals surface area contributed by atoms with Crippen LogP contribution in [0.1, 0.15) is 26.7 Å². The van der Waals surface area contributed by atoms with E-state index in [9.17, 15) is 0 Å². The van der Waals surface area contributed by atoms with Crippen LogP contribution in [0.4, 0.5) is 0 Å². The fourth-order valence-electron chi connectivity index (χ4n) is 0.413. The first-order valence-corrected chi connectivity index (χ1v) is 3.22. The maximum atomic E-state index is 9.03. The summed E-state index contributed by atoms with van der Waals surface area (Å²) >= 11 is 0. The summed E-state index contributed by atoms with van der Waals surface area (Å²) in [5.74, 6) is 0. The standard InChI is InChI=1S/C6H12N2O/c1-6(2,9)8-7-5-3-4-5/h5,9H,3-4H2,1-2H3. The number of azo groups is 1. The number of nitrogens with zero attached hydrogens (tertiary/aromatic N) is 2. The molecule has 0 bridgehead atoms. The Morgan fingerprint density at radius 3 is 2.33 bits per heavy atom. The van der Waals surface area contributed by atoms with Gasteiger partial charge >= 0.3 is 0 Å². The lowest BCUT2D eigenvalue weighted by Crippen LogP contribution is -2.13. The van der Waals surface area contributed by atoms with Crippen molar-refractivity contribution >= 4 is 0 Å². The molecule has 3 heteroatoms. The molecule has 0 aromatic carbocycles. The van der Waals surface area contributed by atoms with Gasteiger partial charge in [0.15, 0.2) is 5.72 Å². The zero-order valence-corrected chi connectivity index (χ0v) is 5.83. The molecule has 1 aliphatic carbocycles. The van der Waals surface area contributed by atoms with E-state index in [0.29, 0.717) is 6.04 Å². The second-order valence-electron chi connectivity index (χ2n) is 2.94. The summed E-state index contributed by atoms with van der Waals surface area (Å²) in [7, 11) is 0. The van der Waals surface area contributed by atoms with Crippen LogP contribution >= 0.6 is 0 Å². The third kappa shape index (κ3) is 3.19. The zero-order valence-electron chi connectivity index (χ0n) is 5.83. The van der Waals surface area contributed by atoms with Gasteiger partial charge in [-0.1, -0.05) is 0 Å². The van der Waals surface area contributed by atoms with Gasteiger partial charge in [-0.25, -0.2) is 0 Å². The highest BCUT2D eigenvalue weighted by Gasteiger charge is 2.21. The molecule has 0 aliphatic heterocycles. The van der Waals surface area contributed by atoms with Gasteiger partial charge in [-0.2, -0.15) is 10.2 Å². The van der Waals surface area contributed by atoms with E-state index in [-0.39, 0.29) is 0 Å². The minimum Gasteiger partial charge on any atom is -0.368 e. The molecule has 0 aromatic heterocycles. The van der Waals surface area contributed by atoms with Gasteiger partial charge in [0.25, 0.3) is 0 Å². The van der Waals surface area contributed by atoms with Crippen LogP contribution < -0.4 is 0 Å². The van der Waals surface area contributed by atoms with E-state index in [1.54, 1.807) is 13.8 Å². The lowest BCUT2D eigenvalue weighted by atomic mass is 10.3. The van der Waals surface area contributed by atoms with Crippen LogP contribution in [0.3, 0.4) is 0 Å². The summed E-state index contributed by atoms with van der Waals surface area (Å²) in [5.41, 5.74) is -0.970. The van der Waals surface area contributed by atoms with Crippen LogP contribution in [-0.4, -0.2) is 16.9 Å². The Kier molecular flexibility index (Phi) is 1.53. The Morgan fingerprint density at radius 2 is 2.00 bits per heavy atom. The van der Waals surface area contributed by atoms with Crippen molar-refractivity contribution in [3.05, 3.63) is 0 Å². The normalized spacial score (nSPS) is 21.2. The van der Waals surface area contributed by atoms with E-state index in [4.69, 9.17) is 5.11 Å². The van der Waals surface area contributed by atoms with Crippen LogP contribution in [0, 0.1) is 0 Å². The van der Waals surface area contributed by atoms with Crippen molar-refractivity contribution in [2.24, 2.45) is 10.2 Å². The minimum atomic E-state index is -0.970. The van der Waals surface area contributed by atoms with Crippen LogP contribution in [0.2, 0.25) is 0 Å². The summed E-state index contributed by atoms with van der Waals surface area (Å²) in [4.78, 5) is 0. The Morgan fingerprint density at radius 1 is 1.44 bits per heavy atom. The average Bonchev–Trinajstić information content (AvgIpc) is 2.38. The minimum absolute atomic E-state index is 0.413. The highest BCUT2D eigenvalue weighted by molar-refractivity contribution is 4.79. The monoisotopic (exact) mass is 128 g/mol. The molecule has 0 heterocycles. The smallest absolute Gasteiger partial charge is 0.170 e. The summed E-state index contributed by atoms with van der Waals surface area (Å²) in [6.07, 6.45) is 2.28. The van der Waals surface area contributed by atoms with E-state index in [2.05, 4.69) is 10.2 Å². The van der Waals surface area contributed by atoms with Crippen molar-refractivity contribution in [1.29, 1.82) is 0 Å². The lowest BCUT2D eigenvalue weighted by Gasteiger charge is -2.06. The van der Waals surface area contributed by atoms with Gasteiger partial charge in [0.2, 0.25) is 0 Å². The first-order chi connectivity index (χ1) is 4.08.